The third kappa shape index (κ3) is 12.3. The summed E-state index contributed by atoms with van der Waals surface area (Å²) in [4.78, 5) is 25.9. The second-order valence-electron chi connectivity index (χ2n) is 12.1. The van der Waals surface area contributed by atoms with Crippen molar-refractivity contribution in [1.29, 1.82) is 0 Å². The molecule has 1 aliphatic rings. The van der Waals surface area contributed by atoms with E-state index >= 15 is 0 Å². The first-order valence-electron chi connectivity index (χ1n) is 15.5. The molecule has 226 valence electrons. The Morgan fingerprint density at radius 3 is 2.44 bits per heavy atom. The number of nitrogens with zero attached hydrogens (tertiary/aromatic N) is 1. The zero-order valence-electron chi connectivity index (χ0n) is 25.5. The molecule has 0 amide bonds. The topological polar surface area (TPSA) is 55.8 Å². The average Bonchev–Trinajstić information content (AvgIpc) is 2.96. The third-order valence-electron chi connectivity index (χ3n) is 8.46. The molecule has 1 saturated carbocycles. The average molecular weight is 584 g/mol. The second-order valence-corrected chi connectivity index (χ2v) is 12.5. The maximum Gasteiger partial charge on any atom is 0.337 e. The summed E-state index contributed by atoms with van der Waals surface area (Å²) in [6.45, 7) is 7.32. The SMILES string of the molecule is COC(=O)c1ccc(CN(CCCCC(C)=O)CCC2CCCCCCCC(C)(OCc3ccccc3Cl)C2)cc1. The number of methoxy groups -OCH3 is 1. The summed E-state index contributed by atoms with van der Waals surface area (Å²) in [5, 5.41) is 0.771. The van der Waals surface area contributed by atoms with E-state index < -0.39 is 0 Å². The van der Waals surface area contributed by atoms with Crippen molar-refractivity contribution in [3.63, 3.8) is 0 Å². The third-order valence-corrected chi connectivity index (χ3v) is 8.83. The van der Waals surface area contributed by atoms with Gasteiger partial charge in [-0.2, -0.15) is 0 Å². The van der Waals surface area contributed by atoms with Crippen LogP contribution in [0.4, 0.5) is 0 Å². The van der Waals surface area contributed by atoms with Crippen LogP contribution in [0.25, 0.3) is 0 Å². The Morgan fingerprint density at radius 1 is 0.976 bits per heavy atom. The summed E-state index contributed by atoms with van der Waals surface area (Å²) in [6.07, 6.45) is 13.4. The van der Waals surface area contributed by atoms with Crippen molar-refractivity contribution in [3.05, 3.63) is 70.2 Å². The van der Waals surface area contributed by atoms with Crippen molar-refractivity contribution in [2.75, 3.05) is 20.2 Å². The van der Waals surface area contributed by atoms with E-state index in [9.17, 15) is 9.59 Å². The van der Waals surface area contributed by atoms with Gasteiger partial charge in [-0.3, -0.25) is 4.90 Å². The highest BCUT2D eigenvalue weighted by Gasteiger charge is 2.30. The van der Waals surface area contributed by atoms with Crippen molar-refractivity contribution >= 4 is 23.4 Å². The van der Waals surface area contributed by atoms with Gasteiger partial charge in [0.15, 0.2) is 0 Å². The first-order chi connectivity index (χ1) is 19.8. The lowest BCUT2D eigenvalue weighted by Crippen LogP contribution is -2.34. The van der Waals surface area contributed by atoms with Crippen LogP contribution >= 0.6 is 11.6 Å². The van der Waals surface area contributed by atoms with Gasteiger partial charge in [-0.15, -0.1) is 0 Å². The van der Waals surface area contributed by atoms with Crippen LogP contribution < -0.4 is 0 Å². The fourth-order valence-electron chi connectivity index (χ4n) is 5.99. The van der Waals surface area contributed by atoms with Crippen LogP contribution in [0.1, 0.15) is 112 Å². The minimum atomic E-state index is -0.312. The smallest absolute Gasteiger partial charge is 0.337 e. The zero-order chi connectivity index (χ0) is 29.5. The molecular weight excluding hydrogens is 534 g/mol. The number of esters is 1. The van der Waals surface area contributed by atoms with Gasteiger partial charge >= 0.3 is 5.97 Å². The van der Waals surface area contributed by atoms with E-state index in [1.807, 2.05) is 42.5 Å². The first-order valence-corrected chi connectivity index (χ1v) is 15.9. The highest BCUT2D eigenvalue weighted by molar-refractivity contribution is 6.31. The van der Waals surface area contributed by atoms with Gasteiger partial charge in [-0.1, -0.05) is 80.5 Å². The predicted octanol–water partition coefficient (Wildman–Crippen LogP) is 8.80. The second kappa shape index (κ2) is 17.7. The van der Waals surface area contributed by atoms with Crippen molar-refractivity contribution in [3.8, 4) is 0 Å². The molecule has 0 bridgehead atoms. The fourth-order valence-corrected chi connectivity index (χ4v) is 6.18. The normalized spacial score (nSPS) is 20.1. The van der Waals surface area contributed by atoms with E-state index in [-0.39, 0.29) is 17.4 Å². The molecule has 2 aromatic carbocycles. The van der Waals surface area contributed by atoms with Crippen molar-refractivity contribution < 1.29 is 19.1 Å². The van der Waals surface area contributed by atoms with Gasteiger partial charge in [0.05, 0.1) is 24.9 Å². The Balaban J connectivity index is 1.66. The molecule has 0 heterocycles. The molecule has 5 nitrogen and oxygen atoms in total. The Kier molecular flexibility index (Phi) is 14.4. The minimum Gasteiger partial charge on any atom is -0.465 e. The van der Waals surface area contributed by atoms with Crippen molar-refractivity contribution in [2.24, 2.45) is 5.92 Å². The molecule has 0 spiro atoms. The van der Waals surface area contributed by atoms with Gasteiger partial charge in [-0.05, 0) is 94.3 Å². The van der Waals surface area contributed by atoms with Crippen LogP contribution in [0.3, 0.4) is 0 Å². The van der Waals surface area contributed by atoms with Gasteiger partial charge in [0.2, 0.25) is 0 Å². The Morgan fingerprint density at radius 2 is 1.71 bits per heavy atom. The molecule has 41 heavy (non-hydrogen) atoms. The molecule has 0 radical (unpaired) electrons. The summed E-state index contributed by atoms with van der Waals surface area (Å²) < 4.78 is 11.5. The number of carbonyl (C=O) groups is 2. The Hall–Kier alpha value is -2.21. The number of hydrogen-bond acceptors (Lipinski definition) is 5. The number of Topliss-reactive ketones (excluding diaryl/α,β-unsaturated/α-hetero) is 1. The number of carbonyl (C=O) groups excluding carboxylic acids is 2. The molecule has 2 unspecified atom stereocenters. The van der Waals surface area contributed by atoms with Crippen LogP contribution in [0.2, 0.25) is 5.02 Å². The fraction of sp³-hybridized carbons (Fsp3) is 0.600. The van der Waals surface area contributed by atoms with Crippen LogP contribution in [0.15, 0.2) is 48.5 Å². The van der Waals surface area contributed by atoms with E-state index in [0.29, 0.717) is 24.5 Å². The number of ether oxygens (including phenoxy) is 2. The lowest BCUT2D eigenvalue weighted by Gasteiger charge is -2.36. The van der Waals surface area contributed by atoms with Crippen LogP contribution in [0.5, 0.6) is 0 Å². The molecule has 6 heteroatoms. The maximum atomic E-state index is 11.9. The highest BCUT2D eigenvalue weighted by atomic mass is 35.5. The van der Waals surface area contributed by atoms with E-state index in [4.69, 9.17) is 21.1 Å². The lowest BCUT2D eigenvalue weighted by atomic mass is 9.81. The molecular formula is C35H50ClNO4. The van der Waals surface area contributed by atoms with Gasteiger partial charge in [0.1, 0.15) is 5.78 Å². The van der Waals surface area contributed by atoms with Crippen LogP contribution in [-0.4, -0.2) is 42.5 Å². The molecule has 0 saturated heterocycles. The zero-order valence-corrected chi connectivity index (χ0v) is 26.2. The molecule has 2 aromatic rings. The summed E-state index contributed by atoms with van der Waals surface area (Å²) >= 11 is 6.45. The summed E-state index contributed by atoms with van der Waals surface area (Å²) in [5.74, 6) is 0.534. The number of halogens is 1. The summed E-state index contributed by atoms with van der Waals surface area (Å²) in [6, 6.07) is 15.7. The minimum absolute atomic E-state index is 0.169. The molecule has 0 aliphatic heterocycles. The number of hydrogen-bond donors (Lipinski definition) is 0. The van der Waals surface area contributed by atoms with Gasteiger partial charge in [0, 0.05) is 18.0 Å². The number of benzene rings is 2. The Labute approximate surface area is 252 Å². The molecule has 3 rings (SSSR count). The molecule has 1 aliphatic carbocycles. The standard InChI is InChI=1S/C35H50ClNO4/c1-28(38)13-10-12-23-37(26-30-17-19-31(20-18-30)34(39)40-3)24-21-29-14-7-5-4-6-11-22-35(2,25-29)41-27-32-15-8-9-16-33(32)36/h8-9,15-20,29H,4-7,10-14,21-27H2,1-3H3. The molecule has 1 fully saturated rings. The first kappa shape index (κ1) is 33.3. The van der Waals surface area contributed by atoms with E-state index in [2.05, 4.69) is 17.9 Å². The van der Waals surface area contributed by atoms with Gasteiger partial charge in [0.25, 0.3) is 0 Å². The van der Waals surface area contributed by atoms with Crippen LogP contribution in [-0.2, 0) is 27.4 Å². The van der Waals surface area contributed by atoms with E-state index in [0.717, 1.165) is 62.3 Å². The Bertz CT molecular complexity index is 1070. The largest absolute Gasteiger partial charge is 0.465 e. The number of unbranched alkanes of at least 4 members (excludes halogenated alkanes) is 1. The predicted molar refractivity (Wildman–Crippen MR) is 167 cm³/mol. The summed E-state index contributed by atoms with van der Waals surface area (Å²) in [7, 11) is 1.41. The maximum absolute atomic E-state index is 11.9. The molecule has 2 atom stereocenters. The highest BCUT2D eigenvalue weighted by Crippen LogP contribution is 2.34. The van der Waals surface area contributed by atoms with E-state index in [1.54, 1.807) is 6.92 Å². The van der Waals surface area contributed by atoms with Crippen molar-refractivity contribution in [1.82, 2.24) is 4.90 Å². The van der Waals surface area contributed by atoms with Crippen molar-refractivity contribution in [2.45, 2.75) is 110 Å². The lowest BCUT2D eigenvalue weighted by molar-refractivity contribution is -0.117. The van der Waals surface area contributed by atoms with E-state index in [1.165, 1.54) is 51.2 Å². The summed E-state index contributed by atoms with van der Waals surface area (Å²) in [5.41, 5.74) is 2.64. The molecule has 0 N–H and O–H groups in total. The molecule has 0 aromatic heterocycles. The monoisotopic (exact) mass is 583 g/mol. The number of ketones is 1. The van der Waals surface area contributed by atoms with Gasteiger partial charge < -0.3 is 14.3 Å². The number of rotatable bonds is 14. The quantitative estimate of drug-likeness (QED) is 0.164. The van der Waals surface area contributed by atoms with Crippen LogP contribution in [0, 0.1) is 5.92 Å². The van der Waals surface area contributed by atoms with Gasteiger partial charge in [-0.25, -0.2) is 4.79 Å².